The van der Waals surface area contributed by atoms with Crippen LogP contribution in [0.1, 0.15) is 44.6 Å². The molecule has 1 aromatic carbocycles. The Morgan fingerprint density at radius 1 is 1.23 bits per heavy atom. The average molecular weight is 448 g/mol. The van der Waals surface area contributed by atoms with Crippen LogP contribution in [0.2, 0.25) is 0 Å². The second-order valence-corrected chi connectivity index (χ2v) is 9.98. The molecule has 166 valence electrons. The number of hydrogen-bond acceptors (Lipinski definition) is 8. The van der Waals surface area contributed by atoms with E-state index < -0.39 is 24.4 Å². The van der Waals surface area contributed by atoms with Gasteiger partial charge in [-0.3, -0.25) is 14.7 Å². The van der Waals surface area contributed by atoms with Gasteiger partial charge in [0.15, 0.2) is 0 Å². The molecule has 1 aromatic rings. The van der Waals surface area contributed by atoms with Gasteiger partial charge in [-0.05, 0) is 39.0 Å². The van der Waals surface area contributed by atoms with Crippen molar-refractivity contribution < 1.29 is 28.1 Å². The van der Waals surface area contributed by atoms with E-state index in [0.29, 0.717) is 30.3 Å². The lowest BCUT2D eigenvalue weighted by Crippen LogP contribution is -2.31. The van der Waals surface area contributed by atoms with Gasteiger partial charge in [-0.2, -0.15) is 0 Å². The molecule has 1 saturated carbocycles. The van der Waals surface area contributed by atoms with Crippen LogP contribution in [-0.4, -0.2) is 30.7 Å². The highest BCUT2D eigenvalue weighted by Gasteiger charge is 2.47. The van der Waals surface area contributed by atoms with Gasteiger partial charge < -0.3 is 19.1 Å². The van der Waals surface area contributed by atoms with Crippen LogP contribution in [0, 0.1) is 16.0 Å². The van der Waals surface area contributed by atoms with Crippen molar-refractivity contribution in [2.24, 2.45) is 5.92 Å². The van der Waals surface area contributed by atoms with E-state index in [4.69, 9.17) is 13.8 Å². The summed E-state index contributed by atoms with van der Waals surface area (Å²) in [5.41, 5.74) is 1.24. The molecule has 2 aliphatic heterocycles. The minimum Gasteiger partial charge on any atom is -0.462 e. The fourth-order valence-corrected chi connectivity index (χ4v) is 6.12. The van der Waals surface area contributed by atoms with Crippen LogP contribution in [0.4, 0.5) is 5.69 Å². The second kappa shape index (κ2) is 8.57. The zero-order chi connectivity index (χ0) is 22.2. The van der Waals surface area contributed by atoms with Crippen LogP contribution in [-0.2, 0) is 23.1 Å². The van der Waals surface area contributed by atoms with Crippen LogP contribution in [0.5, 0.6) is 0 Å². The van der Waals surface area contributed by atoms with E-state index >= 15 is 0 Å². The van der Waals surface area contributed by atoms with Crippen molar-refractivity contribution >= 4 is 19.3 Å². The summed E-state index contributed by atoms with van der Waals surface area (Å²) in [7, 11) is -3.79. The van der Waals surface area contributed by atoms with Gasteiger partial charge in [-0.1, -0.05) is 18.2 Å². The standard InChI is InChI=1S/C21H25N2O7P/c1-13-18(21(24)28-12-15-8-9-15)19(16-6-3-4-7-17(16)23(25)26)20(14(2)22-13)31(27)29-10-5-11-30-31/h3-4,6-7,15,19,22H,5,8-12H2,1-2H3. The largest absolute Gasteiger partial charge is 0.462 e. The zero-order valence-electron chi connectivity index (χ0n) is 17.5. The van der Waals surface area contributed by atoms with Crippen molar-refractivity contribution in [2.75, 3.05) is 19.8 Å². The Labute approximate surface area is 180 Å². The monoisotopic (exact) mass is 448 g/mol. The number of esters is 1. The van der Waals surface area contributed by atoms with E-state index in [9.17, 15) is 19.5 Å². The number of para-hydroxylation sites is 1. The van der Waals surface area contributed by atoms with Crippen molar-refractivity contribution in [3.8, 4) is 0 Å². The molecule has 1 aliphatic carbocycles. The predicted octanol–water partition coefficient (Wildman–Crippen LogP) is 4.37. The maximum absolute atomic E-state index is 13.7. The molecule has 1 N–H and O–H groups in total. The second-order valence-electron chi connectivity index (χ2n) is 7.98. The van der Waals surface area contributed by atoms with Crippen molar-refractivity contribution in [3.63, 3.8) is 0 Å². The van der Waals surface area contributed by atoms with Crippen LogP contribution >= 0.6 is 7.60 Å². The molecule has 1 unspecified atom stereocenters. The Hall–Kier alpha value is -2.48. The van der Waals surface area contributed by atoms with Gasteiger partial charge in [0.05, 0.1) is 41.5 Å². The first-order valence-electron chi connectivity index (χ1n) is 10.3. The fraction of sp³-hybridized carbons (Fsp3) is 0.476. The molecule has 1 atom stereocenters. The third-order valence-electron chi connectivity index (χ3n) is 5.64. The van der Waals surface area contributed by atoms with E-state index in [1.165, 1.54) is 6.07 Å². The van der Waals surface area contributed by atoms with Crippen molar-refractivity contribution in [3.05, 3.63) is 62.2 Å². The molecule has 3 aliphatic rings. The number of nitro groups is 1. The van der Waals surface area contributed by atoms with Crippen LogP contribution in [0.25, 0.3) is 0 Å². The Bertz CT molecular complexity index is 1020. The van der Waals surface area contributed by atoms with Gasteiger partial charge in [-0.15, -0.1) is 0 Å². The Morgan fingerprint density at radius 2 is 1.90 bits per heavy atom. The van der Waals surface area contributed by atoms with Crippen molar-refractivity contribution in [1.82, 2.24) is 5.32 Å². The van der Waals surface area contributed by atoms with E-state index in [1.807, 2.05) is 0 Å². The van der Waals surface area contributed by atoms with Gasteiger partial charge in [0.2, 0.25) is 0 Å². The third kappa shape index (κ3) is 4.31. The van der Waals surface area contributed by atoms with Crippen molar-refractivity contribution in [1.29, 1.82) is 0 Å². The highest BCUT2D eigenvalue weighted by molar-refractivity contribution is 7.58. The van der Waals surface area contributed by atoms with E-state index in [-0.39, 0.29) is 35.4 Å². The summed E-state index contributed by atoms with van der Waals surface area (Å²) in [5.74, 6) is -1.22. The summed E-state index contributed by atoms with van der Waals surface area (Å²) < 4.78 is 30.4. The van der Waals surface area contributed by atoms with Gasteiger partial charge in [0, 0.05) is 23.0 Å². The highest BCUT2D eigenvalue weighted by Crippen LogP contribution is 2.65. The number of nitrogens with zero attached hydrogens (tertiary/aromatic N) is 1. The Kier molecular flexibility index (Phi) is 6.01. The number of hydrogen-bond donors (Lipinski definition) is 1. The summed E-state index contributed by atoms with van der Waals surface area (Å²) in [5, 5.41) is 15.1. The Morgan fingerprint density at radius 3 is 2.55 bits per heavy atom. The quantitative estimate of drug-likeness (QED) is 0.295. The number of carbonyl (C=O) groups is 1. The number of dihydropyridines is 1. The lowest BCUT2D eigenvalue weighted by Gasteiger charge is -2.35. The molecule has 0 aromatic heterocycles. The van der Waals surface area contributed by atoms with Crippen LogP contribution in [0.3, 0.4) is 0 Å². The summed E-state index contributed by atoms with van der Waals surface area (Å²) in [6, 6.07) is 6.14. The Balaban J connectivity index is 1.86. The number of allylic oxidation sites excluding steroid dienone is 3. The van der Waals surface area contributed by atoms with E-state index in [1.54, 1.807) is 32.0 Å². The molecule has 1 saturated heterocycles. The summed E-state index contributed by atoms with van der Waals surface area (Å²) in [6.07, 6.45) is 2.61. The molecule has 0 bridgehead atoms. The lowest BCUT2D eigenvalue weighted by molar-refractivity contribution is -0.385. The lowest BCUT2D eigenvalue weighted by atomic mass is 9.85. The molecular weight excluding hydrogens is 423 g/mol. The molecule has 0 amide bonds. The molecule has 9 nitrogen and oxygen atoms in total. The predicted molar refractivity (Wildman–Crippen MR) is 112 cm³/mol. The number of carbonyl (C=O) groups excluding carboxylic acids is 1. The molecule has 0 radical (unpaired) electrons. The van der Waals surface area contributed by atoms with Gasteiger partial charge in [0.1, 0.15) is 0 Å². The minimum atomic E-state index is -3.79. The number of benzene rings is 1. The number of nitrogens with one attached hydrogen (secondary N) is 1. The zero-order valence-corrected chi connectivity index (χ0v) is 18.4. The normalized spacial score (nSPS) is 23.4. The smallest absolute Gasteiger partial charge is 0.360 e. The molecule has 0 spiro atoms. The fourth-order valence-electron chi connectivity index (χ4n) is 3.98. The molecular formula is C21H25N2O7P. The number of rotatable bonds is 6. The number of nitro benzene ring substituents is 1. The maximum atomic E-state index is 13.7. The molecule has 4 rings (SSSR count). The van der Waals surface area contributed by atoms with Gasteiger partial charge in [-0.25, -0.2) is 4.79 Å². The van der Waals surface area contributed by atoms with Crippen LogP contribution in [0.15, 0.2) is 46.5 Å². The van der Waals surface area contributed by atoms with Crippen LogP contribution < -0.4 is 5.32 Å². The van der Waals surface area contributed by atoms with Gasteiger partial charge in [0.25, 0.3) is 5.69 Å². The molecule has 31 heavy (non-hydrogen) atoms. The van der Waals surface area contributed by atoms with Crippen molar-refractivity contribution in [2.45, 2.75) is 39.0 Å². The summed E-state index contributed by atoms with van der Waals surface area (Å²) in [6.45, 7) is 4.17. The van der Waals surface area contributed by atoms with E-state index in [2.05, 4.69) is 5.32 Å². The molecule has 2 fully saturated rings. The maximum Gasteiger partial charge on any atom is 0.360 e. The topological polar surface area (TPSA) is 117 Å². The first-order chi connectivity index (χ1) is 14.8. The highest BCUT2D eigenvalue weighted by atomic mass is 31.2. The number of ether oxygens (including phenoxy) is 1. The van der Waals surface area contributed by atoms with E-state index in [0.717, 1.165) is 12.8 Å². The summed E-state index contributed by atoms with van der Waals surface area (Å²) in [4.78, 5) is 24.5. The first-order valence-corrected chi connectivity index (χ1v) is 11.8. The first kappa shape index (κ1) is 21.7. The SMILES string of the molecule is CC1=C(C(=O)OCC2CC2)C(c2ccccc2[N+](=O)[O-])C(P2(=O)OCCCO2)=C(C)N1. The van der Waals surface area contributed by atoms with Gasteiger partial charge >= 0.3 is 13.6 Å². The molecule has 2 heterocycles. The summed E-state index contributed by atoms with van der Waals surface area (Å²) >= 11 is 0. The minimum absolute atomic E-state index is 0.177. The molecule has 10 heteroatoms. The average Bonchev–Trinajstić information content (AvgIpc) is 3.56. The third-order valence-corrected chi connectivity index (χ3v) is 7.87.